The molecule has 2 fully saturated rings. The van der Waals surface area contributed by atoms with Gasteiger partial charge in [-0.2, -0.15) is 0 Å². The second-order valence-electron chi connectivity index (χ2n) is 7.91. The number of carbonyl (C=O) groups excluding carboxylic acids is 2. The molecule has 1 aromatic rings. The Morgan fingerprint density at radius 2 is 2.07 bits per heavy atom. The number of benzene rings is 1. The van der Waals surface area contributed by atoms with Gasteiger partial charge in [0.1, 0.15) is 0 Å². The van der Waals surface area contributed by atoms with E-state index in [0.29, 0.717) is 24.5 Å². The van der Waals surface area contributed by atoms with Crippen molar-refractivity contribution in [3.8, 4) is 5.75 Å². The van der Waals surface area contributed by atoms with Crippen LogP contribution >= 0.6 is 0 Å². The maximum Gasteiger partial charge on any atom is 0.230 e. The Labute approximate surface area is 176 Å². The second kappa shape index (κ2) is 9.70. The fourth-order valence-corrected chi connectivity index (χ4v) is 4.43. The molecule has 2 aliphatic rings. The van der Waals surface area contributed by atoms with E-state index in [1.165, 1.54) is 6.07 Å². The van der Waals surface area contributed by atoms with Crippen LogP contribution in [0.5, 0.6) is 5.75 Å². The number of nitrogens with one attached hydrogen (secondary N) is 2. The molecule has 1 aliphatic carbocycles. The Hall–Kier alpha value is -2.26. The number of carbonyl (C=O) groups is 2. The summed E-state index contributed by atoms with van der Waals surface area (Å²) in [5.41, 5.74) is 0.623. The molecule has 0 bridgehead atoms. The molecule has 30 heavy (non-hydrogen) atoms. The van der Waals surface area contributed by atoms with E-state index in [1.807, 2.05) is 0 Å². The summed E-state index contributed by atoms with van der Waals surface area (Å²) in [5, 5.41) is 2.24. The van der Waals surface area contributed by atoms with E-state index in [9.17, 15) is 22.4 Å². The van der Waals surface area contributed by atoms with Gasteiger partial charge in [0.25, 0.3) is 0 Å². The lowest BCUT2D eigenvalue weighted by molar-refractivity contribution is -0.125. The number of halogens is 1. The van der Waals surface area contributed by atoms with Crippen LogP contribution in [-0.2, 0) is 19.6 Å². The molecule has 2 atom stereocenters. The Kier molecular flexibility index (Phi) is 7.25. The largest absolute Gasteiger partial charge is 0.490 e. The molecule has 1 saturated heterocycles. The third-order valence-electron chi connectivity index (χ3n) is 5.19. The molecule has 1 aromatic carbocycles. The maximum atomic E-state index is 13.9. The van der Waals surface area contributed by atoms with Crippen LogP contribution in [0.15, 0.2) is 30.4 Å². The van der Waals surface area contributed by atoms with Crippen molar-refractivity contribution in [1.29, 1.82) is 0 Å². The minimum absolute atomic E-state index is 0.115. The first kappa shape index (κ1) is 22.4. The fraction of sp³-hybridized carbons (Fsp3) is 0.524. The van der Waals surface area contributed by atoms with E-state index in [2.05, 4.69) is 10.0 Å². The number of allylic oxidation sites excluding steroid dienone is 2. The minimum Gasteiger partial charge on any atom is -0.490 e. The molecular formula is C21H27FN2O5S. The monoisotopic (exact) mass is 438 g/mol. The molecule has 3 rings (SSSR count). The molecule has 0 spiro atoms. The summed E-state index contributed by atoms with van der Waals surface area (Å²) in [6.45, 7) is 2.17. The first-order valence-corrected chi connectivity index (χ1v) is 11.8. The number of hydrogen-bond donors (Lipinski definition) is 2. The van der Waals surface area contributed by atoms with Crippen molar-refractivity contribution in [1.82, 2.24) is 10.0 Å². The van der Waals surface area contributed by atoms with Gasteiger partial charge in [0, 0.05) is 12.5 Å². The lowest BCUT2D eigenvalue weighted by Crippen LogP contribution is -2.29. The highest BCUT2D eigenvalue weighted by molar-refractivity contribution is 7.89. The topological polar surface area (TPSA) is 102 Å². The molecule has 1 saturated carbocycles. The van der Waals surface area contributed by atoms with E-state index >= 15 is 0 Å². The van der Waals surface area contributed by atoms with Gasteiger partial charge in [-0.3, -0.25) is 14.9 Å². The molecule has 7 nitrogen and oxygen atoms in total. The van der Waals surface area contributed by atoms with Gasteiger partial charge in [-0.05, 0) is 56.2 Å². The molecule has 0 aromatic heterocycles. The van der Waals surface area contributed by atoms with Crippen molar-refractivity contribution in [2.75, 3.05) is 12.4 Å². The highest BCUT2D eigenvalue weighted by atomic mass is 32.2. The van der Waals surface area contributed by atoms with Gasteiger partial charge in [-0.15, -0.1) is 0 Å². The van der Waals surface area contributed by atoms with Gasteiger partial charge in [-0.1, -0.05) is 18.2 Å². The van der Waals surface area contributed by atoms with Crippen LogP contribution < -0.4 is 14.8 Å². The summed E-state index contributed by atoms with van der Waals surface area (Å²) in [6.07, 6.45) is 6.47. The summed E-state index contributed by atoms with van der Waals surface area (Å²) < 4.78 is 46.7. The standard InChI is InChI=1S/C21H27FN2O5S/c1-14(16-8-9-18(22)19(11-16)29-13-15-6-7-15)24-30(27,28)10-4-2-3-5-17-12-20(25)23-21(17)26/h2-3,8-9,11,14-15,17,24H,4-7,10,12-13H2,1H3,(H,23,25,26)/b3-2+. The van der Waals surface area contributed by atoms with E-state index in [-0.39, 0.29) is 42.1 Å². The van der Waals surface area contributed by atoms with Crippen molar-refractivity contribution in [2.45, 2.75) is 45.1 Å². The molecule has 2 amide bonds. The van der Waals surface area contributed by atoms with Crippen molar-refractivity contribution < 1.29 is 27.1 Å². The van der Waals surface area contributed by atoms with E-state index in [4.69, 9.17) is 4.74 Å². The van der Waals surface area contributed by atoms with Crippen LogP contribution in [-0.4, -0.2) is 32.6 Å². The number of ether oxygens (including phenoxy) is 1. The molecule has 2 N–H and O–H groups in total. The summed E-state index contributed by atoms with van der Waals surface area (Å²) in [7, 11) is -3.56. The molecule has 2 unspecified atom stereocenters. The van der Waals surface area contributed by atoms with E-state index in [1.54, 1.807) is 31.2 Å². The van der Waals surface area contributed by atoms with Gasteiger partial charge < -0.3 is 4.74 Å². The average molecular weight is 439 g/mol. The maximum absolute atomic E-state index is 13.9. The predicted octanol–water partition coefficient (Wildman–Crippen LogP) is 2.59. The summed E-state index contributed by atoms with van der Waals surface area (Å²) in [5.74, 6) is -0.886. The first-order valence-electron chi connectivity index (χ1n) is 10.1. The fourth-order valence-electron chi connectivity index (χ4n) is 3.19. The highest BCUT2D eigenvalue weighted by Crippen LogP contribution is 2.31. The number of imide groups is 1. The van der Waals surface area contributed by atoms with Gasteiger partial charge in [0.05, 0.1) is 18.3 Å². The summed E-state index contributed by atoms with van der Waals surface area (Å²) in [4.78, 5) is 22.6. The zero-order valence-corrected chi connectivity index (χ0v) is 17.7. The minimum atomic E-state index is -3.56. The first-order chi connectivity index (χ1) is 14.2. The molecule has 0 radical (unpaired) electrons. The zero-order valence-electron chi connectivity index (χ0n) is 16.9. The van der Waals surface area contributed by atoms with Crippen LogP contribution in [0.4, 0.5) is 4.39 Å². The van der Waals surface area contributed by atoms with E-state index < -0.39 is 21.9 Å². The normalized spacial score (nSPS) is 20.5. The average Bonchev–Trinajstić information content (AvgIpc) is 3.44. The Balaban J connectivity index is 1.47. The zero-order chi connectivity index (χ0) is 21.7. The van der Waals surface area contributed by atoms with Crippen LogP contribution in [0, 0.1) is 17.7 Å². The van der Waals surface area contributed by atoms with Crippen LogP contribution in [0.2, 0.25) is 0 Å². The number of rotatable bonds is 11. The second-order valence-corrected chi connectivity index (χ2v) is 9.79. The quantitative estimate of drug-likeness (QED) is 0.409. The number of sulfonamides is 1. The molecule has 9 heteroatoms. The van der Waals surface area contributed by atoms with Crippen molar-refractivity contribution >= 4 is 21.8 Å². The molecular weight excluding hydrogens is 411 g/mol. The van der Waals surface area contributed by atoms with E-state index in [0.717, 1.165) is 12.8 Å². The SMILES string of the molecule is CC(NS(=O)(=O)CC/C=C/CC1CC(=O)NC1=O)c1ccc(F)c(OCC2CC2)c1. The van der Waals surface area contributed by atoms with Crippen molar-refractivity contribution in [2.24, 2.45) is 11.8 Å². The van der Waals surface area contributed by atoms with Crippen LogP contribution in [0.25, 0.3) is 0 Å². The molecule has 1 aliphatic heterocycles. The summed E-state index contributed by atoms with van der Waals surface area (Å²) in [6, 6.07) is 3.84. The predicted molar refractivity (Wildman–Crippen MR) is 110 cm³/mol. The number of amides is 2. The van der Waals surface area contributed by atoms with Crippen LogP contribution in [0.3, 0.4) is 0 Å². The smallest absolute Gasteiger partial charge is 0.230 e. The van der Waals surface area contributed by atoms with Gasteiger partial charge in [0.15, 0.2) is 11.6 Å². The van der Waals surface area contributed by atoms with Crippen LogP contribution in [0.1, 0.15) is 50.6 Å². The van der Waals surface area contributed by atoms with Crippen molar-refractivity contribution in [3.05, 3.63) is 41.7 Å². The third-order valence-corrected chi connectivity index (χ3v) is 6.67. The third kappa shape index (κ3) is 6.63. The van der Waals surface area contributed by atoms with Crippen molar-refractivity contribution in [3.63, 3.8) is 0 Å². The summed E-state index contributed by atoms with van der Waals surface area (Å²) >= 11 is 0. The Morgan fingerprint density at radius 1 is 1.30 bits per heavy atom. The van der Waals surface area contributed by atoms with Gasteiger partial charge in [0.2, 0.25) is 21.8 Å². The van der Waals surface area contributed by atoms with Gasteiger partial charge in [-0.25, -0.2) is 17.5 Å². The Bertz CT molecular complexity index is 927. The molecule has 164 valence electrons. The number of hydrogen-bond acceptors (Lipinski definition) is 5. The Morgan fingerprint density at radius 3 is 2.73 bits per heavy atom. The lowest BCUT2D eigenvalue weighted by Gasteiger charge is -2.16. The highest BCUT2D eigenvalue weighted by Gasteiger charge is 2.29. The molecule has 1 heterocycles. The lowest BCUT2D eigenvalue weighted by atomic mass is 10.0. The van der Waals surface area contributed by atoms with Gasteiger partial charge >= 0.3 is 0 Å².